The van der Waals surface area contributed by atoms with Crippen molar-refractivity contribution in [3.05, 3.63) is 104 Å². The number of nitrogens with one attached hydrogen (secondary N) is 1. The number of nitriles is 1. The smallest absolute Gasteiger partial charge is 0.272 e. The van der Waals surface area contributed by atoms with Gasteiger partial charge in [-0.3, -0.25) is 14.4 Å². The van der Waals surface area contributed by atoms with Crippen LogP contribution in [-0.2, 0) is 6.54 Å². The minimum absolute atomic E-state index is 0.0359. The second-order valence-corrected chi connectivity index (χ2v) is 18.0. The molecule has 3 aromatic heterocycles. The van der Waals surface area contributed by atoms with Crippen molar-refractivity contribution in [3.63, 3.8) is 0 Å². The predicted molar refractivity (Wildman–Crippen MR) is 224 cm³/mol. The van der Waals surface area contributed by atoms with E-state index in [1.165, 1.54) is 16.9 Å². The lowest BCUT2D eigenvalue weighted by Gasteiger charge is -2.53. The summed E-state index contributed by atoms with van der Waals surface area (Å²) in [7, 11) is 0. The van der Waals surface area contributed by atoms with E-state index in [0.29, 0.717) is 41.1 Å². The largest absolute Gasteiger partial charge is 0.493 e. The van der Waals surface area contributed by atoms with Gasteiger partial charge in [0, 0.05) is 41.2 Å². The molecule has 14 heteroatoms. The quantitative estimate of drug-likeness (QED) is 0.156. The molecule has 2 saturated carbocycles. The molecular weight excluding hydrogens is 770 g/mol. The molecule has 5 heterocycles. The van der Waals surface area contributed by atoms with Crippen molar-refractivity contribution in [2.75, 3.05) is 24.6 Å². The zero-order valence-electron chi connectivity index (χ0n) is 33.0. The lowest BCUT2D eigenvalue weighted by molar-refractivity contribution is 0.0113. The molecule has 0 unspecified atom stereocenters. The van der Waals surface area contributed by atoms with Gasteiger partial charge in [0.15, 0.2) is 17.3 Å². The standard InChI is InChI=1S/C44H46ClN9O3S/c1-26-27(2)58-43-40(26)41(47-23-39-52-49-28(3)54(39)43)30-5-10-33(11-6-30)56-24-29-20-44(21-29)17-4-18-53(25-44)38-16-15-37(50-51-38)42(55)48-32-8-13-34(14-9-32)57-35-12-7-31(22-46)36(45)19-35/h5-7,10-12,15-16,19,29,32,34H,4,8-9,13-14,17-18,20-21,23-25H2,1-3H3,(H,48,55)/t29?,32-,34-,44?. The molecule has 4 aliphatic rings. The third-order valence-electron chi connectivity index (χ3n) is 12.4. The number of aryl methyl sites for hydroxylation is 2. The molecular formula is C44H46ClN9O3S. The highest BCUT2D eigenvalue weighted by molar-refractivity contribution is 7.15. The average molecular weight is 816 g/mol. The molecule has 58 heavy (non-hydrogen) atoms. The highest BCUT2D eigenvalue weighted by atomic mass is 35.5. The Labute approximate surface area is 347 Å². The van der Waals surface area contributed by atoms with Crippen molar-refractivity contribution >= 4 is 40.4 Å². The number of ether oxygens (including phenoxy) is 2. The first-order chi connectivity index (χ1) is 28.1. The monoisotopic (exact) mass is 815 g/mol. The Balaban J connectivity index is 0.740. The van der Waals surface area contributed by atoms with Crippen LogP contribution in [0.2, 0.25) is 5.02 Å². The number of hydrogen-bond acceptors (Lipinski definition) is 11. The molecule has 0 atom stereocenters. The van der Waals surface area contributed by atoms with Crippen LogP contribution in [0.15, 0.2) is 59.6 Å². The highest BCUT2D eigenvalue weighted by Crippen LogP contribution is 2.51. The summed E-state index contributed by atoms with van der Waals surface area (Å²) in [5, 5.41) is 31.4. The third kappa shape index (κ3) is 7.55. The fourth-order valence-electron chi connectivity index (χ4n) is 9.28. The Bertz CT molecular complexity index is 2410. The van der Waals surface area contributed by atoms with Crippen molar-refractivity contribution in [3.8, 4) is 22.6 Å². The number of thiophene rings is 1. The number of anilines is 1. The lowest BCUT2D eigenvalue weighted by Crippen LogP contribution is -2.51. The van der Waals surface area contributed by atoms with Gasteiger partial charge >= 0.3 is 0 Å². The van der Waals surface area contributed by atoms with Gasteiger partial charge < -0.3 is 19.7 Å². The minimum Gasteiger partial charge on any atom is -0.493 e. The second-order valence-electron chi connectivity index (χ2n) is 16.4. The van der Waals surface area contributed by atoms with Crippen LogP contribution in [0.1, 0.15) is 101 Å². The van der Waals surface area contributed by atoms with Gasteiger partial charge in [-0.05, 0) is 138 Å². The number of carbonyl (C=O) groups is 1. The number of aliphatic imine (C=N–C) groups is 1. The van der Waals surface area contributed by atoms with Crippen LogP contribution in [0.4, 0.5) is 5.82 Å². The molecule has 2 aromatic carbocycles. The van der Waals surface area contributed by atoms with E-state index in [1.54, 1.807) is 35.6 Å². The van der Waals surface area contributed by atoms with Crippen LogP contribution < -0.4 is 19.7 Å². The Morgan fingerprint density at radius 2 is 1.79 bits per heavy atom. The first-order valence-corrected chi connectivity index (χ1v) is 21.4. The normalized spacial score (nSPS) is 22.5. The molecule has 0 radical (unpaired) electrons. The van der Waals surface area contributed by atoms with Gasteiger partial charge in [-0.15, -0.1) is 31.7 Å². The zero-order chi connectivity index (χ0) is 40.0. The molecule has 2 aliphatic carbocycles. The molecule has 5 aromatic rings. The van der Waals surface area contributed by atoms with Crippen molar-refractivity contribution < 1.29 is 14.3 Å². The summed E-state index contributed by atoms with van der Waals surface area (Å²) in [5.74, 6) is 4.42. The van der Waals surface area contributed by atoms with E-state index < -0.39 is 0 Å². The van der Waals surface area contributed by atoms with Crippen molar-refractivity contribution in [1.29, 1.82) is 5.26 Å². The van der Waals surface area contributed by atoms with E-state index in [1.807, 2.05) is 13.0 Å². The van der Waals surface area contributed by atoms with E-state index in [4.69, 9.17) is 31.3 Å². The van der Waals surface area contributed by atoms with E-state index in [-0.39, 0.29) is 23.5 Å². The van der Waals surface area contributed by atoms with Crippen LogP contribution in [-0.4, -0.2) is 68.4 Å². The second kappa shape index (κ2) is 15.8. The molecule has 3 fully saturated rings. The van der Waals surface area contributed by atoms with E-state index in [0.717, 1.165) is 103 Å². The lowest BCUT2D eigenvalue weighted by atomic mass is 9.58. The molecule has 12 nitrogen and oxygen atoms in total. The fourth-order valence-corrected chi connectivity index (χ4v) is 10.7. The van der Waals surface area contributed by atoms with Crippen LogP contribution in [0.25, 0.3) is 5.00 Å². The van der Waals surface area contributed by atoms with Gasteiger partial charge in [0.25, 0.3) is 5.91 Å². The topological polar surface area (TPSA) is 143 Å². The number of carbonyl (C=O) groups excluding carboxylic acids is 1. The molecule has 1 saturated heterocycles. The number of amides is 1. The predicted octanol–water partition coefficient (Wildman–Crippen LogP) is 8.12. The van der Waals surface area contributed by atoms with Gasteiger partial charge in [0.1, 0.15) is 34.9 Å². The van der Waals surface area contributed by atoms with Crippen molar-refractivity contribution in [2.24, 2.45) is 16.3 Å². The zero-order valence-corrected chi connectivity index (χ0v) is 34.6. The van der Waals surface area contributed by atoms with Crippen molar-refractivity contribution in [1.82, 2.24) is 30.3 Å². The number of halogens is 1. The van der Waals surface area contributed by atoms with Crippen LogP contribution >= 0.6 is 22.9 Å². The van der Waals surface area contributed by atoms with Gasteiger partial charge in [-0.25, -0.2) is 0 Å². The third-order valence-corrected chi connectivity index (χ3v) is 13.9. The highest BCUT2D eigenvalue weighted by Gasteiger charge is 2.47. The summed E-state index contributed by atoms with van der Waals surface area (Å²) in [6.45, 7) is 9.41. The van der Waals surface area contributed by atoms with Gasteiger partial charge in [-0.2, -0.15) is 5.26 Å². The summed E-state index contributed by atoms with van der Waals surface area (Å²) >= 11 is 7.94. The minimum atomic E-state index is -0.199. The number of fused-ring (bicyclic) bond motifs is 3. The first-order valence-electron chi connectivity index (χ1n) is 20.2. The summed E-state index contributed by atoms with van der Waals surface area (Å²) < 4.78 is 14.6. The Morgan fingerprint density at radius 1 is 1.00 bits per heavy atom. The van der Waals surface area contributed by atoms with Crippen LogP contribution in [0, 0.1) is 43.4 Å². The maximum atomic E-state index is 13.1. The van der Waals surface area contributed by atoms with Crippen LogP contribution in [0.3, 0.4) is 0 Å². The summed E-state index contributed by atoms with van der Waals surface area (Å²) in [6.07, 6.45) is 7.83. The van der Waals surface area contributed by atoms with E-state index in [9.17, 15) is 4.79 Å². The van der Waals surface area contributed by atoms with Gasteiger partial charge in [0.05, 0.1) is 29.0 Å². The Morgan fingerprint density at radius 3 is 2.53 bits per heavy atom. The molecule has 1 spiro atoms. The number of rotatable bonds is 9. The molecule has 2 aliphatic heterocycles. The summed E-state index contributed by atoms with van der Waals surface area (Å²) in [4.78, 5) is 21.7. The number of hydrogen-bond donors (Lipinski definition) is 1. The van der Waals surface area contributed by atoms with Crippen molar-refractivity contribution in [2.45, 2.75) is 90.8 Å². The Hall–Kier alpha value is -5.32. The SMILES string of the molecule is Cc1sc2c(c1C)C(c1ccc(OCC3CC4(CCCN(c5ccc(C(=O)N[C@H]6CC[C@H](Oc7ccc(C#N)c(Cl)c7)CC6)nn5)C4)C3)cc1)=NCc1nnc(C)n1-2. The Kier molecular flexibility index (Phi) is 10.4. The number of piperidine rings is 1. The molecule has 0 bridgehead atoms. The average Bonchev–Trinajstić information content (AvgIpc) is 3.68. The van der Waals surface area contributed by atoms with Gasteiger partial charge in [-0.1, -0.05) is 11.6 Å². The molecule has 1 amide bonds. The van der Waals surface area contributed by atoms with E-state index in [2.05, 4.69) is 79.4 Å². The maximum Gasteiger partial charge on any atom is 0.272 e. The maximum absolute atomic E-state index is 13.1. The van der Waals surface area contributed by atoms with Crippen LogP contribution in [0.5, 0.6) is 11.5 Å². The summed E-state index contributed by atoms with van der Waals surface area (Å²) in [5.41, 5.74) is 5.50. The number of nitrogens with zero attached hydrogens (tertiary/aromatic N) is 8. The summed E-state index contributed by atoms with van der Waals surface area (Å²) in [6, 6.07) is 19.4. The molecule has 1 N–H and O–H groups in total. The number of benzene rings is 2. The molecule has 9 rings (SSSR count). The van der Waals surface area contributed by atoms with Gasteiger partial charge in [0.2, 0.25) is 0 Å². The van der Waals surface area contributed by atoms with E-state index >= 15 is 0 Å². The fraction of sp³-hybridized carbons (Fsp3) is 0.432. The first kappa shape index (κ1) is 38.2. The number of aromatic nitrogens is 5. The molecule has 298 valence electrons.